The minimum atomic E-state index is 0.436. The Bertz CT molecular complexity index is 227. The first-order valence-electron chi connectivity index (χ1n) is 6.44. The Morgan fingerprint density at radius 1 is 1.13 bits per heavy atom. The molecule has 2 fully saturated rings. The van der Waals surface area contributed by atoms with Crippen molar-refractivity contribution in [2.24, 2.45) is 17.8 Å². The van der Waals surface area contributed by atoms with Crippen LogP contribution in [0.25, 0.3) is 0 Å². The van der Waals surface area contributed by atoms with E-state index in [1.807, 2.05) is 0 Å². The molecule has 0 aromatic carbocycles. The fourth-order valence-corrected chi connectivity index (χ4v) is 3.69. The van der Waals surface area contributed by atoms with Crippen LogP contribution in [-0.4, -0.2) is 11.1 Å². The summed E-state index contributed by atoms with van der Waals surface area (Å²) >= 11 is 3.46. The number of hydrogen-bond donors (Lipinski definition) is 0. The van der Waals surface area contributed by atoms with E-state index in [0.29, 0.717) is 17.6 Å². The Morgan fingerprint density at radius 3 is 2.60 bits per heavy atom. The fourth-order valence-electron chi connectivity index (χ4n) is 3.37. The summed E-state index contributed by atoms with van der Waals surface area (Å²) in [5.41, 5.74) is 0. The van der Waals surface area contributed by atoms with Crippen molar-refractivity contribution in [2.75, 3.05) is 5.33 Å². The molecular formula is C13H21BrO. The summed E-state index contributed by atoms with van der Waals surface area (Å²) in [5.74, 6) is 2.26. The Balaban J connectivity index is 1.89. The average molecular weight is 273 g/mol. The highest BCUT2D eigenvalue weighted by atomic mass is 79.9. The maximum absolute atomic E-state index is 12.0. The summed E-state index contributed by atoms with van der Waals surface area (Å²) in [6, 6.07) is 0. The number of fused-ring (bicyclic) bond motifs is 1. The third-order valence-electron chi connectivity index (χ3n) is 4.22. The molecule has 2 saturated carbocycles. The van der Waals surface area contributed by atoms with Gasteiger partial charge < -0.3 is 0 Å². The molecule has 2 aliphatic carbocycles. The molecule has 15 heavy (non-hydrogen) atoms. The molecule has 0 N–H and O–H groups in total. The van der Waals surface area contributed by atoms with Crippen LogP contribution in [0.5, 0.6) is 0 Å². The van der Waals surface area contributed by atoms with Gasteiger partial charge in [0.15, 0.2) is 0 Å². The molecule has 0 saturated heterocycles. The molecule has 0 aliphatic heterocycles. The number of alkyl halides is 1. The quantitative estimate of drug-likeness (QED) is 0.712. The molecule has 86 valence electrons. The first kappa shape index (κ1) is 11.6. The lowest BCUT2D eigenvalue weighted by Crippen LogP contribution is -2.47. The van der Waals surface area contributed by atoms with Gasteiger partial charge in [-0.1, -0.05) is 41.6 Å². The van der Waals surface area contributed by atoms with E-state index in [1.54, 1.807) is 0 Å². The van der Waals surface area contributed by atoms with Crippen LogP contribution < -0.4 is 0 Å². The first-order valence-corrected chi connectivity index (χ1v) is 7.56. The van der Waals surface area contributed by atoms with E-state index in [1.165, 1.54) is 44.9 Å². The lowest BCUT2D eigenvalue weighted by molar-refractivity contribution is -0.145. The molecule has 1 nitrogen and oxygen atoms in total. The largest absolute Gasteiger partial charge is 0.299 e. The van der Waals surface area contributed by atoms with Crippen LogP contribution in [0.15, 0.2) is 0 Å². The van der Waals surface area contributed by atoms with Gasteiger partial charge in [-0.2, -0.15) is 0 Å². The number of halogens is 1. The zero-order chi connectivity index (χ0) is 10.7. The van der Waals surface area contributed by atoms with Crippen molar-refractivity contribution in [1.29, 1.82) is 0 Å². The second-order valence-electron chi connectivity index (χ2n) is 5.10. The average Bonchev–Trinajstić information content (AvgIpc) is 2.21. The predicted octanol–water partition coefficient (Wildman–Crippen LogP) is 3.95. The van der Waals surface area contributed by atoms with Gasteiger partial charge >= 0.3 is 0 Å². The van der Waals surface area contributed by atoms with Crippen molar-refractivity contribution in [3.63, 3.8) is 0 Å². The number of ketones is 1. The number of carbonyl (C=O) groups excluding carboxylic acids is 1. The number of hydrogen-bond acceptors (Lipinski definition) is 1. The van der Waals surface area contributed by atoms with Gasteiger partial charge in [-0.05, 0) is 31.6 Å². The van der Waals surface area contributed by atoms with Gasteiger partial charge in [-0.15, -0.1) is 0 Å². The lowest BCUT2D eigenvalue weighted by Gasteiger charge is -2.44. The van der Waals surface area contributed by atoms with E-state index in [4.69, 9.17) is 0 Å². The Hall–Kier alpha value is 0.150. The van der Waals surface area contributed by atoms with Crippen LogP contribution >= 0.6 is 15.9 Å². The zero-order valence-electron chi connectivity index (χ0n) is 9.38. The van der Waals surface area contributed by atoms with Crippen LogP contribution in [0.3, 0.4) is 0 Å². The van der Waals surface area contributed by atoms with Crippen molar-refractivity contribution in [3.05, 3.63) is 0 Å². The second-order valence-corrected chi connectivity index (χ2v) is 5.89. The van der Waals surface area contributed by atoms with Crippen molar-refractivity contribution >= 4 is 21.7 Å². The first-order chi connectivity index (χ1) is 7.34. The van der Waals surface area contributed by atoms with Gasteiger partial charge in [-0.25, -0.2) is 0 Å². The predicted molar refractivity (Wildman–Crippen MR) is 66.2 cm³/mol. The highest BCUT2D eigenvalue weighted by molar-refractivity contribution is 9.09. The molecule has 2 heteroatoms. The molecular weight excluding hydrogens is 252 g/mol. The van der Waals surface area contributed by atoms with Crippen LogP contribution in [0.2, 0.25) is 0 Å². The monoisotopic (exact) mass is 272 g/mol. The Morgan fingerprint density at radius 2 is 1.87 bits per heavy atom. The lowest BCUT2D eigenvalue weighted by atomic mass is 9.58. The zero-order valence-corrected chi connectivity index (χ0v) is 11.0. The summed E-state index contributed by atoms with van der Waals surface area (Å²) in [4.78, 5) is 12.0. The van der Waals surface area contributed by atoms with Crippen LogP contribution in [0.4, 0.5) is 0 Å². The molecule has 2 rings (SSSR count). The summed E-state index contributed by atoms with van der Waals surface area (Å²) in [7, 11) is 0. The molecule has 0 heterocycles. The summed E-state index contributed by atoms with van der Waals surface area (Å²) < 4.78 is 0. The standard InChI is InChI=1S/C13H21BrO/c14-9-5-8-12-10-6-3-1-2-4-7-11(10)13(12)15/h10-12H,1-9H2/t10-,11+,12+/m0/s1. The van der Waals surface area contributed by atoms with Crippen molar-refractivity contribution in [3.8, 4) is 0 Å². The molecule has 0 aromatic heterocycles. The molecule has 2 aliphatic rings. The van der Waals surface area contributed by atoms with Crippen molar-refractivity contribution < 1.29 is 4.79 Å². The third-order valence-corrected chi connectivity index (χ3v) is 4.78. The highest BCUT2D eigenvalue weighted by Crippen LogP contribution is 2.46. The van der Waals surface area contributed by atoms with E-state index < -0.39 is 0 Å². The minimum absolute atomic E-state index is 0.436. The van der Waals surface area contributed by atoms with Crippen molar-refractivity contribution in [2.45, 2.75) is 51.4 Å². The van der Waals surface area contributed by atoms with Crippen molar-refractivity contribution in [1.82, 2.24) is 0 Å². The van der Waals surface area contributed by atoms with Gasteiger partial charge in [-0.3, -0.25) is 4.79 Å². The molecule has 0 unspecified atom stereocenters. The van der Waals surface area contributed by atoms with Gasteiger partial charge in [0.25, 0.3) is 0 Å². The normalized spacial score (nSPS) is 36.3. The van der Waals surface area contributed by atoms with E-state index in [-0.39, 0.29) is 0 Å². The molecule has 0 bridgehead atoms. The summed E-state index contributed by atoms with van der Waals surface area (Å²) in [5, 5.41) is 1.05. The number of Topliss-reactive ketones (excluding diaryl/α,β-unsaturated/α-hetero) is 1. The summed E-state index contributed by atoms with van der Waals surface area (Å²) in [6.45, 7) is 0. The topological polar surface area (TPSA) is 17.1 Å². The van der Waals surface area contributed by atoms with E-state index in [9.17, 15) is 4.79 Å². The summed E-state index contributed by atoms with van der Waals surface area (Å²) in [6.07, 6.45) is 10.2. The molecule has 0 radical (unpaired) electrons. The number of carbonyl (C=O) groups is 1. The maximum atomic E-state index is 12.0. The van der Waals surface area contributed by atoms with Gasteiger partial charge in [0, 0.05) is 17.2 Å². The number of rotatable bonds is 3. The maximum Gasteiger partial charge on any atom is 0.139 e. The van der Waals surface area contributed by atoms with Gasteiger partial charge in [0.05, 0.1) is 0 Å². The van der Waals surface area contributed by atoms with E-state index >= 15 is 0 Å². The second kappa shape index (κ2) is 5.47. The molecule has 0 aromatic rings. The van der Waals surface area contributed by atoms with Crippen LogP contribution in [0.1, 0.15) is 51.4 Å². The Labute approximate surface area is 101 Å². The third kappa shape index (κ3) is 2.46. The molecule has 0 amide bonds. The van der Waals surface area contributed by atoms with E-state index in [2.05, 4.69) is 15.9 Å². The van der Waals surface area contributed by atoms with Gasteiger partial charge in [0.2, 0.25) is 0 Å². The molecule has 3 atom stereocenters. The SMILES string of the molecule is O=C1[C@H](CCCBr)[C@H]2CCCCCC[C@@H]12. The van der Waals surface area contributed by atoms with E-state index in [0.717, 1.165) is 17.7 Å². The molecule has 0 spiro atoms. The smallest absolute Gasteiger partial charge is 0.139 e. The van der Waals surface area contributed by atoms with Gasteiger partial charge in [0.1, 0.15) is 5.78 Å². The minimum Gasteiger partial charge on any atom is -0.299 e. The highest BCUT2D eigenvalue weighted by Gasteiger charge is 2.47. The Kier molecular flexibility index (Phi) is 4.24. The fraction of sp³-hybridized carbons (Fsp3) is 0.923. The van der Waals surface area contributed by atoms with Crippen LogP contribution in [0, 0.1) is 17.8 Å². The van der Waals surface area contributed by atoms with Crippen LogP contribution in [-0.2, 0) is 4.79 Å².